The van der Waals surface area contributed by atoms with Crippen LogP contribution in [-0.4, -0.2) is 19.4 Å². The molecule has 32 heavy (non-hydrogen) atoms. The molecule has 162 valence electrons. The van der Waals surface area contributed by atoms with Gasteiger partial charge in [0, 0.05) is 16.6 Å². The summed E-state index contributed by atoms with van der Waals surface area (Å²) in [5.41, 5.74) is 1.87. The molecule has 0 saturated carbocycles. The van der Waals surface area contributed by atoms with Gasteiger partial charge in [0.1, 0.15) is 17.4 Å². The van der Waals surface area contributed by atoms with Crippen LogP contribution in [0.1, 0.15) is 16.1 Å². The zero-order valence-corrected chi connectivity index (χ0v) is 18.2. The molecular formula is C23H17FN2O4S2. The predicted molar refractivity (Wildman–Crippen MR) is 120 cm³/mol. The van der Waals surface area contributed by atoms with Gasteiger partial charge in [-0.1, -0.05) is 36.4 Å². The van der Waals surface area contributed by atoms with Gasteiger partial charge in [-0.25, -0.2) is 22.6 Å². The van der Waals surface area contributed by atoms with Crippen molar-refractivity contribution in [2.45, 2.75) is 11.5 Å². The standard InChI is InChI=1S/C23H17FN2O4S2/c24-18-9-11-19(12-10-18)26-32(28,29)21-8-4-7-17(13-21)23(27)30-14-20-15-31-22(25-20)16-5-2-1-3-6-16/h1-13,15,26H,14H2. The number of esters is 1. The maximum atomic E-state index is 13.0. The number of benzene rings is 3. The summed E-state index contributed by atoms with van der Waals surface area (Å²) < 4.78 is 45.9. The third-order valence-electron chi connectivity index (χ3n) is 4.40. The molecule has 0 saturated heterocycles. The summed E-state index contributed by atoms with van der Waals surface area (Å²) in [4.78, 5) is 16.8. The zero-order valence-electron chi connectivity index (χ0n) is 16.6. The Labute approximate surface area is 188 Å². The van der Waals surface area contributed by atoms with E-state index in [9.17, 15) is 17.6 Å². The molecule has 9 heteroatoms. The van der Waals surface area contributed by atoms with Crippen molar-refractivity contribution < 1.29 is 22.3 Å². The molecule has 0 bridgehead atoms. The number of thiazole rings is 1. The summed E-state index contributed by atoms with van der Waals surface area (Å²) in [5.74, 6) is -1.15. The van der Waals surface area contributed by atoms with Crippen LogP contribution in [0.3, 0.4) is 0 Å². The van der Waals surface area contributed by atoms with Gasteiger partial charge < -0.3 is 4.74 Å². The number of ether oxygens (including phenoxy) is 1. The van der Waals surface area contributed by atoms with Crippen molar-refractivity contribution in [2.24, 2.45) is 0 Å². The zero-order chi connectivity index (χ0) is 22.6. The molecule has 1 N–H and O–H groups in total. The minimum Gasteiger partial charge on any atom is -0.456 e. The van der Waals surface area contributed by atoms with Gasteiger partial charge in [-0.15, -0.1) is 11.3 Å². The molecule has 0 atom stereocenters. The molecular weight excluding hydrogens is 451 g/mol. The lowest BCUT2D eigenvalue weighted by Gasteiger charge is -2.09. The van der Waals surface area contributed by atoms with Crippen LogP contribution < -0.4 is 4.72 Å². The van der Waals surface area contributed by atoms with E-state index in [1.807, 2.05) is 35.7 Å². The van der Waals surface area contributed by atoms with Gasteiger partial charge in [-0.3, -0.25) is 4.72 Å². The topological polar surface area (TPSA) is 85.4 Å². The van der Waals surface area contributed by atoms with Crippen molar-refractivity contribution in [2.75, 3.05) is 4.72 Å². The van der Waals surface area contributed by atoms with Crippen molar-refractivity contribution in [3.63, 3.8) is 0 Å². The van der Waals surface area contributed by atoms with E-state index in [2.05, 4.69) is 9.71 Å². The molecule has 0 aliphatic carbocycles. The molecule has 0 unspecified atom stereocenters. The number of halogens is 1. The van der Waals surface area contributed by atoms with Crippen molar-refractivity contribution >= 4 is 33.0 Å². The van der Waals surface area contributed by atoms with Crippen LogP contribution in [0.4, 0.5) is 10.1 Å². The van der Waals surface area contributed by atoms with Crippen LogP contribution in [0.5, 0.6) is 0 Å². The number of hydrogen-bond donors (Lipinski definition) is 1. The second kappa shape index (κ2) is 9.29. The van der Waals surface area contributed by atoms with Crippen molar-refractivity contribution in [3.8, 4) is 10.6 Å². The molecule has 0 radical (unpaired) electrons. The molecule has 4 rings (SSSR count). The molecule has 3 aromatic carbocycles. The highest BCUT2D eigenvalue weighted by molar-refractivity contribution is 7.92. The first kappa shape index (κ1) is 21.7. The average Bonchev–Trinajstić information content (AvgIpc) is 3.29. The molecule has 4 aromatic rings. The van der Waals surface area contributed by atoms with Crippen LogP contribution in [0.25, 0.3) is 10.6 Å². The quantitative estimate of drug-likeness (QED) is 0.381. The smallest absolute Gasteiger partial charge is 0.338 e. The number of rotatable bonds is 7. The fourth-order valence-corrected chi connectivity index (χ4v) is 4.75. The van der Waals surface area contributed by atoms with E-state index in [1.54, 1.807) is 0 Å². The van der Waals surface area contributed by atoms with Crippen LogP contribution >= 0.6 is 11.3 Å². The molecule has 1 heterocycles. The Morgan fingerprint density at radius 3 is 2.50 bits per heavy atom. The number of sulfonamides is 1. The summed E-state index contributed by atoms with van der Waals surface area (Å²) in [7, 11) is -3.97. The Balaban J connectivity index is 1.43. The number of anilines is 1. The molecule has 0 spiro atoms. The Bertz CT molecular complexity index is 1340. The maximum Gasteiger partial charge on any atom is 0.338 e. The fraction of sp³-hybridized carbons (Fsp3) is 0.0435. The van der Waals surface area contributed by atoms with E-state index < -0.39 is 21.8 Å². The van der Waals surface area contributed by atoms with Crippen molar-refractivity contribution in [1.29, 1.82) is 0 Å². The molecule has 6 nitrogen and oxygen atoms in total. The Kier molecular flexibility index (Phi) is 6.29. The Morgan fingerprint density at radius 1 is 1.00 bits per heavy atom. The van der Waals surface area contributed by atoms with Crippen molar-refractivity contribution in [1.82, 2.24) is 4.98 Å². The number of hydrogen-bond acceptors (Lipinski definition) is 6. The highest BCUT2D eigenvalue weighted by Gasteiger charge is 2.18. The summed E-state index contributed by atoms with van der Waals surface area (Å²) in [6.45, 7) is -0.0347. The number of carbonyl (C=O) groups excluding carboxylic acids is 1. The minimum absolute atomic E-state index is 0.0347. The van der Waals surface area contributed by atoms with Gasteiger partial charge in [0.2, 0.25) is 0 Å². The van der Waals surface area contributed by atoms with E-state index in [0.717, 1.165) is 22.7 Å². The lowest BCUT2D eigenvalue weighted by atomic mass is 10.2. The van der Waals surface area contributed by atoms with Crippen molar-refractivity contribution in [3.05, 3.63) is 101 Å². The molecule has 0 aliphatic heterocycles. The third-order valence-corrected chi connectivity index (χ3v) is 6.72. The predicted octanol–water partition coefficient (Wildman–Crippen LogP) is 5.11. The van der Waals surface area contributed by atoms with Gasteiger partial charge in [0.25, 0.3) is 10.0 Å². The third kappa shape index (κ3) is 5.19. The number of carbonyl (C=O) groups is 1. The number of aromatic nitrogens is 1. The monoisotopic (exact) mass is 468 g/mol. The van der Waals surface area contributed by atoms with E-state index in [4.69, 9.17) is 4.74 Å². The first-order valence-electron chi connectivity index (χ1n) is 9.46. The molecule has 0 aliphatic rings. The lowest BCUT2D eigenvalue weighted by Crippen LogP contribution is -2.14. The average molecular weight is 469 g/mol. The van der Waals surface area contributed by atoms with E-state index in [0.29, 0.717) is 5.69 Å². The number of nitrogens with one attached hydrogen (secondary N) is 1. The highest BCUT2D eigenvalue weighted by atomic mass is 32.2. The lowest BCUT2D eigenvalue weighted by molar-refractivity contribution is 0.0468. The minimum atomic E-state index is -3.97. The SMILES string of the molecule is O=C(OCc1csc(-c2ccccc2)n1)c1cccc(S(=O)(=O)Nc2ccc(F)cc2)c1. The summed E-state index contributed by atoms with van der Waals surface area (Å²) in [5, 5.41) is 2.62. The van der Waals surface area contributed by atoms with Crippen LogP contribution in [-0.2, 0) is 21.4 Å². The van der Waals surface area contributed by atoms with Gasteiger partial charge in [0.05, 0.1) is 16.2 Å². The van der Waals surface area contributed by atoms with E-state index >= 15 is 0 Å². The summed E-state index contributed by atoms with van der Waals surface area (Å²) in [6, 6.07) is 20.1. The maximum absolute atomic E-state index is 13.0. The highest BCUT2D eigenvalue weighted by Crippen LogP contribution is 2.24. The van der Waals surface area contributed by atoms with Gasteiger partial charge in [-0.05, 0) is 42.5 Å². The van der Waals surface area contributed by atoms with Crippen LogP contribution in [0.2, 0.25) is 0 Å². The molecule has 0 amide bonds. The second-order valence-corrected chi connectivity index (χ2v) is 9.27. The normalized spacial score (nSPS) is 11.2. The summed E-state index contributed by atoms with van der Waals surface area (Å²) >= 11 is 1.44. The largest absolute Gasteiger partial charge is 0.456 e. The van der Waals surface area contributed by atoms with Gasteiger partial charge in [-0.2, -0.15) is 0 Å². The van der Waals surface area contributed by atoms with E-state index in [-0.39, 0.29) is 22.8 Å². The van der Waals surface area contributed by atoms with Gasteiger partial charge >= 0.3 is 5.97 Å². The van der Waals surface area contributed by atoms with Crippen LogP contribution in [0.15, 0.2) is 89.1 Å². The van der Waals surface area contributed by atoms with Gasteiger partial charge in [0.15, 0.2) is 0 Å². The fourth-order valence-electron chi connectivity index (χ4n) is 2.83. The first-order chi connectivity index (χ1) is 15.4. The Hall–Kier alpha value is -3.56. The van der Waals surface area contributed by atoms with E-state index in [1.165, 1.54) is 47.7 Å². The molecule has 0 fully saturated rings. The Morgan fingerprint density at radius 2 is 1.75 bits per heavy atom. The molecule has 1 aromatic heterocycles. The first-order valence-corrected chi connectivity index (χ1v) is 11.8. The number of nitrogens with zero attached hydrogens (tertiary/aromatic N) is 1. The summed E-state index contributed by atoms with van der Waals surface area (Å²) in [6.07, 6.45) is 0. The second-order valence-electron chi connectivity index (χ2n) is 6.73. The van der Waals surface area contributed by atoms with Crippen LogP contribution in [0, 0.1) is 5.82 Å².